The third kappa shape index (κ3) is 2.99. The Morgan fingerprint density at radius 3 is 2.46 bits per heavy atom. The van der Waals surface area contributed by atoms with E-state index < -0.39 is 15.9 Å². The Morgan fingerprint density at radius 2 is 1.81 bits per heavy atom. The van der Waals surface area contributed by atoms with E-state index in [0.717, 1.165) is 18.5 Å². The Balaban J connectivity index is 2.02. The highest BCUT2D eigenvalue weighted by molar-refractivity contribution is 7.90. The molecule has 0 aromatic heterocycles. The molecule has 2 amide bonds. The monoisotopic (exact) mass is 372 g/mol. The summed E-state index contributed by atoms with van der Waals surface area (Å²) in [6.07, 6.45) is 1.75. The van der Waals surface area contributed by atoms with E-state index in [1.165, 1.54) is 25.2 Å². The van der Waals surface area contributed by atoms with Gasteiger partial charge in [0.05, 0.1) is 5.56 Å². The van der Waals surface area contributed by atoms with Crippen LogP contribution in [0.2, 0.25) is 0 Å². The molecule has 0 N–H and O–H groups in total. The fourth-order valence-corrected chi connectivity index (χ4v) is 4.22. The first-order valence-electron chi connectivity index (χ1n) is 8.42. The number of anilines is 1. The fourth-order valence-electron chi connectivity index (χ4n) is 2.90. The molecule has 1 aliphatic heterocycles. The highest BCUT2D eigenvalue weighted by atomic mass is 32.2. The van der Waals surface area contributed by atoms with Crippen LogP contribution >= 0.6 is 0 Å². The molecule has 7 heteroatoms. The number of nitrogens with zero attached hydrogens (tertiary/aromatic N) is 2. The Bertz CT molecular complexity index is 955. The van der Waals surface area contributed by atoms with Crippen LogP contribution < -0.4 is 4.90 Å². The molecule has 2 aromatic carbocycles. The summed E-state index contributed by atoms with van der Waals surface area (Å²) >= 11 is 0. The largest absolute Gasteiger partial charge is 0.308 e. The van der Waals surface area contributed by atoms with Crippen LogP contribution in [0, 0.1) is 0 Å². The first kappa shape index (κ1) is 18.1. The van der Waals surface area contributed by atoms with E-state index >= 15 is 0 Å². The Labute approximate surface area is 153 Å². The van der Waals surface area contributed by atoms with E-state index in [1.54, 1.807) is 4.90 Å². The molecule has 0 unspecified atom stereocenters. The van der Waals surface area contributed by atoms with Gasteiger partial charge in [-0.15, -0.1) is 0 Å². The van der Waals surface area contributed by atoms with E-state index in [-0.39, 0.29) is 21.9 Å². The van der Waals surface area contributed by atoms with Crippen LogP contribution in [0.25, 0.3) is 0 Å². The van der Waals surface area contributed by atoms with Crippen LogP contribution in [-0.2, 0) is 10.0 Å². The van der Waals surface area contributed by atoms with Crippen molar-refractivity contribution in [1.29, 1.82) is 0 Å². The lowest BCUT2D eigenvalue weighted by Crippen LogP contribution is -2.32. The normalized spacial score (nSPS) is 15.0. The highest BCUT2D eigenvalue weighted by Crippen LogP contribution is 2.30. The van der Waals surface area contributed by atoms with Crippen LogP contribution in [0.4, 0.5) is 5.69 Å². The number of sulfonamides is 1. The summed E-state index contributed by atoms with van der Waals surface area (Å²) in [6.45, 7) is 2.57. The van der Waals surface area contributed by atoms with Gasteiger partial charge >= 0.3 is 0 Å². The fraction of sp³-hybridized carbons (Fsp3) is 0.263. The molecular weight excluding hydrogens is 352 g/mol. The molecule has 0 spiro atoms. The number of amides is 2. The summed E-state index contributed by atoms with van der Waals surface area (Å²) in [4.78, 5) is 26.6. The number of carbonyl (C=O) groups excluding carboxylic acids is 2. The van der Waals surface area contributed by atoms with Crippen molar-refractivity contribution in [2.45, 2.75) is 24.7 Å². The molecule has 3 rings (SSSR count). The predicted octanol–water partition coefficient (Wildman–Crippen LogP) is 2.91. The first-order valence-corrected chi connectivity index (χ1v) is 9.86. The minimum absolute atomic E-state index is 0.101. The Kier molecular flexibility index (Phi) is 4.82. The van der Waals surface area contributed by atoms with E-state index in [1.807, 2.05) is 37.3 Å². The molecule has 26 heavy (non-hydrogen) atoms. The lowest BCUT2D eigenvalue weighted by Gasteiger charge is -2.23. The Hall–Kier alpha value is -2.67. The van der Waals surface area contributed by atoms with Crippen LogP contribution in [0.15, 0.2) is 53.4 Å². The third-order valence-corrected chi connectivity index (χ3v) is 6.21. The van der Waals surface area contributed by atoms with Crippen molar-refractivity contribution in [3.8, 4) is 0 Å². The third-order valence-electron chi connectivity index (χ3n) is 4.43. The maximum atomic E-state index is 13.1. The van der Waals surface area contributed by atoms with Crippen LogP contribution in [0.1, 0.15) is 40.5 Å². The summed E-state index contributed by atoms with van der Waals surface area (Å²) in [6, 6.07) is 13.5. The van der Waals surface area contributed by atoms with Crippen molar-refractivity contribution in [3.05, 3.63) is 59.7 Å². The first-order chi connectivity index (χ1) is 12.4. The number of unbranched alkanes of at least 4 members (excludes halogenated alkanes) is 1. The molecule has 0 fully saturated rings. The summed E-state index contributed by atoms with van der Waals surface area (Å²) in [5.41, 5.74) is 1.10. The van der Waals surface area contributed by atoms with Gasteiger partial charge in [0.25, 0.3) is 21.8 Å². The van der Waals surface area contributed by atoms with E-state index in [2.05, 4.69) is 0 Å². The van der Waals surface area contributed by atoms with Crippen molar-refractivity contribution in [2.24, 2.45) is 0 Å². The molecular formula is C19H20N2O4S. The van der Waals surface area contributed by atoms with Gasteiger partial charge in [-0.3, -0.25) is 9.59 Å². The summed E-state index contributed by atoms with van der Waals surface area (Å²) < 4.78 is 25.4. The number of para-hydroxylation sites is 1. The second-order valence-electron chi connectivity index (χ2n) is 6.13. The van der Waals surface area contributed by atoms with Gasteiger partial charge in [0.2, 0.25) is 0 Å². The quantitative estimate of drug-likeness (QED) is 0.809. The summed E-state index contributed by atoms with van der Waals surface area (Å²) in [5.74, 6) is -0.866. The standard InChI is InChI=1S/C19H20N2O4S/c1-3-4-12-21(15-8-6-5-7-9-15)18(22)14-10-11-16-17(13-14)26(24,25)20(2)19(16)23/h5-11,13H,3-4,12H2,1-2H3. The van der Waals surface area contributed by atoms with Crippen molar-refractivity contribution >= 4 is 27.5 Å². The number of rotatable bonds is 5. The molecule has 1 aliphatic rings. The summed E-state index contributed by atoms with van der Waals surface area (Å²) in [7, 11) is -2.66. The van der Waals surface area contributed by atoms with E-state index in [4.69, 9.17) is 0 Å². The van der Waals surface area contributed by atoms with Gasteiger partial charge in [-0.25, -0.2) is 12.7 Å². The predicted molar refractivity (Wildman–Crippen MR) is 98.7 cm³/mol. The van der Waals surface area contributed by atoms with Gasteiger partial charge in [0, 0.05) is 24.8 Å². The zero-order valence-corrected chi connectivity index (χ0v) is 15.5. The number of hydrogen-bond donors (Lipinski definition) is 0. The molecule has 0 atom stereocenters. The minimum Gasteiger partial charge on any atom is -0.308 e. The molecule has 2 aromatic rings. The maximum absolute atomic E-state index is 13.1. The molecule has 6 nitrogen and oxygen atoms in total. The molecule has 0 saturated heterocycles. The Morgan fingerprint density at radius 1 is 1.12 bits per heavy atom. The van der Waals surface area contributed by atoms with Crippen molar-refractivity contribution in [1.82, 2.24) is 4.31 Å². The molecule has 0 aliphatic carbocycles. The van der Waals surface area contributed by atoms with Gasteiger partial charge in [0.15, 0.2) is 0 Å². The molecule has 0 bridgehead atoms. The van der Waals surface area contributed by atoms with Crippen LogP contribution in [0.5, 0.6) is 0 Å². The van der Waals surface area contributed by atoms with Crippen molar-refractivity contribution in [2.75, 3.05) is 18.5 Å². The lowest BCUT2D eigenvalue weighted by atomic mass is 10.1. The minimum atomic E-state index is -3.88. The van der Waals surface area contributed by atoms with Crippen molar-refractivity contribution < 1.29 is 18.0 Å². The number of carbonyl (C=O) groups is 2. The lowest BCUT2D eigenvalue weighted by molar-refractivity contribution is 0.0890. The molecule has 0 saturated carbocycles. The van der Waals surface area contributed by atoms with Gasteiger partial charge in [-0.1, -0.05) is 31.5 Å². The second-order valence-corrected chi connectivity index (χ2v) is 8.07. The molecule has 0 radical (unpaired) electrons. The molecule has 136 valence electrons. The average molecular weight is 372 g/mol. The average Bonchev–Trinajstić information content (AvgIpc) is 2.83. The van der Waals surface area contributed by atoms with E-state index in [0.29, 0.717) is 10.8 Å². The highest BCUT2D eigenvalue weighted by Gasteiger charge is 2.39. The van der Waals surface area contributed by atoms with E-state index in [9.17, 15) is 18.0 Å². The van der Waals surface area contributed by atoms with Gasteiger partial charge in [-0.05, 0) is 36.8 Å². The zero-order chi connectivity index (χ0) is 18.9. The smallest absolute Gasteiger partial charge is 0.268 e. The van der Waals surface area contributed by atoms with Gasteiger partial charge in [-0.2, -0.15) is 0 Å². The molecule has 1 heterocycles. The van der Waals surface area contributed by atoms with Crippen molar-refractivity contribution in [3.63, 3.8) is 0 Å². The van der Waals surface area contributed by atoms with Gasteiger partial charge < -0.3 is 4.90 Å². The van der Waals surface area contributed by atoms with Gasteiger partial charge in [0.1, 0.15) is 4.90 Å². The maximum Gasteiger partial charge on any atom is 0.268 e. The summed E-state index contributed by atoms with van der Waals surface area (Å²) in [5, 5.41) is 0. The number of benzene rings is 2. The SMILES string of the molecule is CCCCN(C(=O)c1ccc2c(c1)S(=O)(=O)N(C)C2=O)c1ccccc1. The second kappa shape index (κ2) is 6.92. The zero-order valence-electron chi connectivity index (χ0n) is 14.7. The number of hydrogen-bond acceptors (Lipinski definition) is 4. The van der Waals surface area contributed by atoms with Crippen LogP contribution in [0.3, 0.4) is 0 Å². The van der Waals surface area contributed by atoms with Crippen LogP contribution in [-0.4, -0.2) is 38.1 Å². The topological polar surface area (TPSA) is 74.8 Å². The number of fused-ring (bicyclic) bond motifs is 1.